The number of aliphatic hydroxyl groups excluding tert-OH is 1. The van der Waals surface area contributed by atoms with Gasteiger partial charge in [0.2, 0.25) is 0 Å². The zero-order valence-electron chi connectivity index (χ0n) is 11.2. The van der Waals surface area contributed by atoms with Crippen molar-refractivity contribution in [2.24, 2.45) is 0 Å². The summed E-state index contributed by atoms with van der Waals surface area (Å²) in [6.45, 7) is 1.81. The quantitative estimate of drug-likeness (QED) is 0.604. The lowest BCUT2D eigenvalue weighted by molar-refractivity contribution is 0.334. The van der Waals surface area contributed by atoms with Crippen LogP contribution < -0.4 is 4.74 Å². The number of phenols is 3. The predicted molar refractivity (Wildman–Crippen MR) is 76.5 cm³/mol. The van der Waals surface area contributed by atoms with E-state index in [0.29, 0.717) is 11.3 Å². The van der Waals surface area contributed by atoms with Crippen molar-refractivity contribution in [3.8, 4) is 23.0 Å². The van der Waals surface area contributed by atoms with Crippen molar-refractivity contribution in [2.45, 2.75) is 12.8 Å². The summed E-state index contributed by atoms with van der Waals surface area (Å²) in [5.74, 6) is -0.126. The van der Waals surface area contributed by atoms with Gasteiger partial charge in [0.15, 0.2) is 17.3 Å². The fraction of sp³-hybridized carbons (Fsp3) is 0.125. The normalized spacial score (nSPS) is 17.3. The molecule has 0 amide bonds. The first-order valence-corrected chi connectivity index (χ1v) is 6.43. The molecule has 0 fully saturated rings. The van der Waals surface area contributed by atoms with Gasteiger partial charge < -0.3 is 25.2 Å². The first-order valence-electron chi connectivity index (χ1n) is 6.43. The fourth-order valence-electron chi connectivity index (χ4n) is 2.35. The van der Waals surface area contributed by atoms with Crippen molar-refractivity contribution in [3.05, 3.63) is 53.3 Å². The molecule has 1 atom stereocenters. The molecular formula is C16H14O5. The Balaban J connectivity index is 2.10. The maximum Gasteiger partial charge on any atom is 0.172 e. The van der Waals surface area contributed by atoms with E-state index in [-0.39, 0.29) is 34.7 Å². The van der Waals surface area contributed by atoms with Crippen molar-refractivity contribution < 1.29 is 25.2 Å². The third-order valence-electron chi connectivity index (χ3n) is 3.56. The Morgan fingerprint density at radius 3 is 2.38 bits per heavy atom. The highest BCUT2D eigenvalue weighted by atomic mass is 16.5. The van der Waals surface area contributed by atoms with E-state index in [1.165, 1.54) is 30.3 Å². The molecule has 0 aromatic heterocycles. The maximum absolute atomic E-state index is 10.3. The SMILES string of the molecule is CC1C(O)=C(c2ccc(O)c(O)c2)Oc2cc(O)ccc21. The topological polar surface area (TPSA) is 90.2 Å². The molecule has 1 heterocycles. The minimum atomic E-state index is -0.305. The van der Waals surface area contributed by atoms with Gasteiger partial charge in [0, 0.05) is 23.1 Å². The lowest BCUT2D eigenvalue weighted by Crippen LogP contribution is -2.13. The second-order valence-electron chi connectivity index (χ2n) is 4.96. The second kappa shape index (κ2) is 4.63. The molecule has 0 bridgehead atoms. The van der Waals surface area contributed by atoms with Crippen molar-refractivity contribution in [3.63, 3.8) is 0 Å². The van der Waals surface area contributed by atoms with Gasteiger partial charge in [-0.2, -0.15) is 0 Å². The molecule has 5 heteroatoms. The van der Waals surface area contributed by atoms with Crippen LogP contribution in [-0.2, 0) is 0 Å². The molecule has 1 aliphatic rings. The van der Waals surface area contributed by atoms with Crippen molar-refractivity contribution >= 4 is 5.76 Å². The number of aromatic hydroxyl groups is 3. The number of hydrogen-bond donors (Lipinski definition) is 4. The van der Waals surface area contributed by atoms with Gasteiger partial charge >= 0.3 is 0 Å². The molecule has 0 saturated heterocycles. The van der Waals surface area contributed by atoms with E-state index < -0.39 is 0 Å². The van der Waals surface area contributed by atoms with Crippen LogP contribution in [0.4, 0.5) is 0 Å². The molecule has 1 aliphatic heterocycles. The van der Waals surface area contributed by atoms with Gasteiger partial charge in [0.25, 0.3) is 0 Å². The number of aliphatic hydroxyl groups is 1. The van der Waals surface area contributed by atoms with Crippen LogP contribution in [0.5, 0.6) is 23.0 Å². The van der Waals surface area contributed by atoms with E-state index in [1.807, 2.05) is 6.92 Å². The standard InChI is InChI=1S/C16H14O5/c1-8-11-4-3-10(17)7-14(11)21-16(15(8)20)9-2-5-12(18)13(19)6-9/h2-8,17-20H,1H3. The third-order valence-corrected chi connectivity index (χ3v) is 3.56. The number of ether oxygens (including phenoxy) is 1. The van der Waals surface area contributed by atoms with Crippen LogP contribution in [0.2, 0.25) is 0 Å². The molecular weight excluding hydrogens is 272 g/mol. The van der Waals surface area contributed by atoms with Crippen LogP contribution in [0.3, 0.4) is 0 Å². The van der Waals surface area contributed by atoms with E-state index in [4.69, 9.17) is 4.74 Å². The molecule has 4 N–H and O–H groups in total. The van der Waals surface area contributed by atoms with Gasteiger partial charge in [0.05, 0.1) is 0 Å². The lowest BCUT2D eigenvalue weighted by Gasteiger charge is -2.25. The number of phenolic OH excluding ortho intramolecular Hbond substituents is 3. The summed E-state index contributed by atoms with van der Waals surface area (Å²) in [7, 11) is 0. The van der Waals surface area contributed by atoms with E-state index in [0.717, 1.165) is 5.56 Å². The Bertz CT molecular complexity index is 748. The van der Waals surface area contributed by atoms with Gasteiger partial charge in [-0.3, -0.25) is 0 Å². The molecule has 0 radical (unpaired) electrons. The van der Waals surface area contributed by atoms with Crippen LogP contribution in [0.25, 0.3) is 5.76 Å². The van der Waals surface area contributed by atoms with Gasteiger partial charge in [-0.25, -0.2) is 0 Å². The van der Waals surface area contributed by atoms with Crippen LogP contribution in [0.15, 0.2) is 42.2 Å². The zero-order valence-corrected chi connectivity index (χ0v) is 11.2. The lowest BCUT2D eigenvalue weighted by atomic mass is 9.93. The molecule has 2 aromatic carbocycles. The zero-order chi connectivity index (χ0) is 15.1. The van der Waals surface area contributed by atoms with Crippen LogP contribution >= 0.6 is 0 Å². The van der Waals surface area contributed by atoms with Crippen molar-refractivity contribution in [1.82, 2.24) is 0 Å². The van der Waals surface area contributed by atoms with Crippen LogP contribution in [0, 0.1) is 0 Å². The predicted octanol–water partition coefficient (Wildman–Crippen LogP) is 3.23. The number of hydrogen-bond acceptors (Lipinski definition) is 5. The first-order chi connectivity index (χ1) is 9.97. The average Bonchev–Trinajstić information content (AvgIpc) is 2.45. The highest BCUT2D eigenvalue weighted by molar-refractivity contribution is 5.70. The number of benzene rings is 2. The van der Waals surface area contributed by atoms with Crippen LogP contribution in [-0.4, -0.2) is 20.4 Å². The summed E-state index contributed by atoms with van der Waals surface area (Å²) in [5, 5.41) is 38.8. The van der Waals surface area contributed by atoms with E-state index in [1.54, 1.807) is 6.07 Å². The molecule has 0 spiro atoms. The summed E-state index contributed by atoms with van der Waals surface area (Å²) in [6.07, 6.45) is 0. The molecule has 1 unspecified atom stereocenters. The Hall–Kier alpha value is -2.82. The molecule has 0 aliphatic carbocycles. The highest BCUT2D eigenvalue weighted by Crippen LogP contribution is 2.43. The Morgan fingerprint density at radius 2 is 1.67 bits per heavy atom. The van der Waals surface area contributed by atoms with E-state index in [2.05, 4.69) is 0 Å². The molecule has 3 rings (SSSR count). The van der Waals surface area contributed by atoms with Crippen molar-refractivity contribution in [1.29, 1.82) is 0 Å². The average molecular weight is 286 g/mol. The molecule has 2 aromatic rings. The summed E-state index contributed by atoms with van der Waals surface area (Å²) >= 11 is 0. The minimum Gasteiger partial charge on any atom is -0.508 e. The molecule has 5 nitrogen and oxygen atoms in total. The number of rotatable bonds is 1. The van der Waals surface area contributed by atoms with Gasteiger partial charge in [-0.1, -0.05) is 13.0 Å². The number of allylic oxidation sites excluding steroid dienone is 1. The highest BCUT2D eigenvalue weighted by Gasteiger charge is 2.28. The first kappa shape index (κ1) is 13.2. The van der Waals surface area contributed by atoms with Crippen molar-refractivity contribution in [2.75, 3.05) is 0 Å². The molecule has 21 heavy (non-hydrogen) atoms. The Morgan fingerprint density at radius 1 is 0.905 bits per heavy atom. The Labute approximate surface area is 121 Å². The summed E-state index contributed by atoms with van der Waals surface area (Å²) < 4.78 is 5.65. The summed E-state index contributed by atoms with van der Waals surface area (Å²) in [6, 6.07) is 8.85. The maximum atomic E-state index is 10.3. The van der Waals surface area contributed by atoms with E-state index >= 15 is 0 Å². The summed E-state index contributed by atoms with van der Waals surface area (Å²) in [4.78, 5) is 0. The fourth-order valence-corrected chi connectivity index (χ4v) is 2.35. The smallest absolute Gasteiger partial charge is 0.172 e. The molecule has 0 saturated carbocycles. The van der Waals surface area contributed by atoms with Gasteiger partial charge in [0.1, 0.15) is 17.3 Å². The second-order valence-corrected chi connectivity index (χ2v) is 4.96. The third kappa shape index (κ3) is 2.12. The summed E-state index contributed by atoms with van der Waals surface area (Å²) in [5.41, 5.74) is 1.20. The van der Waals surface area contributed by atoms with E-state index in [9.17, 15) is 20.4 Å². The monoisotopic (exact) mass is 286 g/mol. The molecule has 108 valence electrons. The van der Waals surface area contributed by atoms with Gasteiger partial charge in [-0.15, -0.1) is 0 Å². The van der Waals surface area contributed by atoms with Crippen LogP contribution in [0.1, 0.15) is 24.0 Å². The number of fused-ring (bicyclic) bond motifs is 1. The van der Waals surface area contributed by atoms with Gasteiger partial charge in [-0.05, 0) is 24.3 Å². The minimum absolute atomic E-state index is 0.0262. The largest absolute Gasteiger partial charge is 0.508 e. The Kier molecular flexibility index (Phi) is 2.90.